The van der Waals surface area contributed by atoms with Crippen LogP contribution in [-0.4, -0.2) is 40.5 Å². The minimum absolute atomic E-state index is 0.0220. The molecule has 5 nitrogen and oxygen atoms in total. The van der Waals surface area contributed by atoms with Gasteiger partial charge in [-0.3, -0.25) is 9.20 Å². The van der Waals surface area contributed by atoms with Crippen molar-refractivity contribution in [1.29, 1.82) is 0 Å². The number of halogens is 1. The molecule has 0 aliphatic carbocycles. The number of rotatable bonds is 3. The van der Waals surface area contributed by atoms with E-state index in [1.807, 2.05) is 6.92 Å². The van der Waals surface area contributed by atoms with Crippen molar-refractivity contribution in [2.75, 3.05) is 26.2 Å². The molecule has 0 saturated carbocycles. The third kappa shape index (κ3) is 3.19. The molecular formula is C26H24ClN3O2. The second kappa shape index (κ2) is 7.61. The molecule has 0 N–H and O–H groups in total. The lowest BCUT2D eigenvalue weighted by atomic mass is 9.84. The summed E-state index contributed by atoms with van der Waals surface area (Å²) in [6.07, 6.45) is 2.33. The quantitative estimate of drug-likeness (QED) is 0.467. The van der Waals surface area contributed by atoms with Gasteiger partial charge in [0.1, 0.15) is 11.4 Å². The summed E-state index contributed by atoms with van der Waals surface area (Å²) in [7, 11) is 0. The highest BCUT2D eigenvalue weighted by Crippen LogP contribution is 2.45. The van der Waals surface area contributed by atoms with Crippen molar-refractivity contribution < 1.29 is 4.74 Å². The van der Waals surface area contributed by atoms with E-state index in [9.17, 15) is 4.79 Å². The summed E-state index contributed by atoms with van der Waals surface area (Å²) in [6.45, 7) is 5.48. The van der Waals surface area contributed by atoms with Gasteiger partial charge in [-0.2, -0.15) is 0 Å². The third-order valence-corrected chi connectivity index (χ3v) is 7.26. The number of aryl methyl sites for hydroxylation is 1. The highest BCUT2D eigenvalue weighted by molar-refractivity contribution is 6.30. The summed E-state index contributed by atoms with van der Waals surface area (Å²) < 4.78 is 7.71. The lowest BCUT2D eigenvalue weighted by molar-refractivity contribution is 0.214. The van der Waals surface area contributed by atoms with Crippen LogP contribution in [0.25, 0.3) is 16.4 Å². The summed E-state index contributed by atoms with van der Waals surface area (Å²) in [4.78, 5) is 20.2. The van der Waals surface area contributed by atoms with Gasteiger partial charge in [0.2, 0.25) is 0 Å². The molecular weight excluding hydrogens is 422 g/mol. The first kappa shape index (κ1) is 19.8. The molecule has 6 heteroatoms. The average Bonchev–Trinajstić information content (AvgIpc) is 3.22. The molecule has 0 radical (unpaired) electrons. The van der Waals surface area contributed by atoms with Crippen molar-refractivity contribution in [3.05, 3.63) is 86.9 Å². The highest BCUT2D eigenvalue weighted by Gasteiger charge is 2.39. The van der Waals surface area contributed by atoms with E-state index in [0.717, 1.165) is 43.2 Å². The van der Waals surface area contributed by atoms with Crippen LogP contribution in [0, 0.1) is 12.8 Å². The molecule has 1 saturated heterocycles. The Morgan fingerprint density at radius 2 is 2.00 bits per heavy atom. The van der Waals surface area contributed by atoms with Crippen LogP contribution in [0.1, 0.15) is 22.7 Å². The fourth-order valence-electron chi connectivity index (χ4n) is 5.44. The van der Waals surface area contributed by atoms with Crippen molar-refractivity contribution in [3.8, 4) is 5.75 Å². The smallest absolute Gasteiger partial charge is 0.261 e. The van der Waals surface area contributed by atoms with E-state index in [4.69, 9.17) is 16.3 Å². The monoisotopic (exact) mass is 445 g/mol. The van der Waals surface area contributed by atoms with Crippen molar-refractivity contribution in [1.82, 2.24) is 14.3 Å². The molecule has 0 spiro atoms. The molecule has 1 fully saturated rings. The molecule has 4 heterocycles. The summed E-state index contributed by atoms with van der Waals surface area (Å²) in [5, 5.41) is 3.09. The Kier molecular flexibility index (Phi) is 4.70. The van der Waals surface area contributed by atoms with Crippen LogP contribution in [0.3, 0.4) is 0 Å². The minimum atomic E-state index is -0.0220. The molecule has 6 rings (SSSR count). The molecule has 2 aliphatic heterocycles. The number of aromatic nitrogens is 2. The predicted octanol–water partition coefficient (Wildman–Crippen LogP) is 4.46. The largest absolute Gasteiger partial charge is 0.493 e. The van der Waals surface area contributed by atoms with E-state index < -0.39 is 0 Å². The van der Waals surface area contributed by atoms with E-state index in [1.54, 1.807) is 22.7 Å². The lowest BCUT2D eigenvalue weighted by Crippen LogP contribution is -2.28. The SMILES string of the molecule is Cc1nc2ccc(Cl)cn2c(=O)c1CCN1C[C@H]2COc3ccc4ccccc4c3[C@@H]2C1. The van der Waals surface area contributed by atoms with Crippen molar-refractivity contribution in [3.63, 3.8) is 0 Å². The topological polar surface area (TPSA) is 46.8 Å². The number of hydrogen-bond donors (Lipinski definition) is 0. The minimum Gasteiger partial charge on any atom is -0.493 e. The Morgan fingerprint density at radius 3 is 2.91 bits per heavy atom. The number of ether oxygens (including phenoxy) is 1. The highest BCUT2D eigenvalue weighted by atomic mass is 35.5. The Bertz CT molecular complexity index is 1410. The second-order valence-electron chi connectivity index (χ2n) is 8.94. The van der Waals surface area contributed by atoms with Gasteiger partial charge in [0.05, 0.1) is 11.6 Å². The maximum atomic E-state index is 13.1. The van der Waals surface area contributed by atoms with E-state index in [2.05, 4.69) is 46.3 Å². The van der Waals surface area contributed by atoms with Crippen LogP contribution in [0.15, 0.2) is 59.5 Å². The number of likely N-dealkylation sites (tertiary alicyclic amines) is 1. The molecule has 2 aromatic heterocycles. The van der Waals surface area contributed by atoms with Gasteiger partial charge >= 0.3 is 0 Å². The Hall–Kier alpha value is -2.89. The summed E-state index contributed by atoms with van der Waals surface area (Å²) in [5.74, 6) is 1.96. The fourth-order valence-corrected chi connectivity index (χ4v) is 5.60. The maximum absolute atomic E-state index is 13.1. The third-order valence-electron chi connectivity index (χ3n) is 7.04. The van der Waals surface area contributed by atoms with Crippen LogP contribution in [-0.2, 0) is 6.42 Å². The number of benzene rings is 2. The molecule has 162 valence electrons. The van der Waals surface area contributed by atoms with Crippen LogP contribution in [0.2, 0.25) is 5.02 Å². The van der Waals surface area contributed by atoms with Crippen LogP contribution < -0.4 is 10.3 Å². The van der Waals surface area contributed by atoms with Gasteiger partial charge in [-0.25, -0.2) is 4.98 Å². The first-order valence-electron chi connectivity index (χ1n) is 11.1. The molecule has 2 atom stereocenters. The van der Waals surface area contributed by atoms with Gasteiger partial charge in [0, 0.05) is 54.5 Å². The normalized spacial score (nSPS) is 20.3. The van der Waals surface area contributed by atoms with Gasteiger partial charge in [0.15, 0.2) is 0 Å². The zero-order valence-electron chi connectivity index (χ0n) is 17.9. The molecule has 4 aromatic rings. The Morgan fingerprint density at radius 1 is 1.12 bits per heavy atom. The second-order valence-corrected chi connectivity index (χ2v) is 9.38. The van der Waals surface area contributed by atoms with Gasteiger partial charge in [-0.05, 0) is 42.3 Å². The van der Waals surface area contributed by atoms with Crippen LogP contribution >= 0.6 is 11.6 Å². The van der Waals surface area contributed by atoms with Crippen molar-refractivity contribution >= 4 is 28.0 Å². The molecule has 0 amide bonds. The Balaban J connectivity index is 1.27. The summed E-state index contributed by atoms with van der Waals surface area (Å²) >= 11 is 6.11. The van der Waals surface area contributed by atoms with Gasteiger partial charge in [-0.1, -0.05) is 41.9 Å². The van der Waals surface area contributed by atoms with E-state index in [0.29, 0.717) is 28.9 Å². The van der Waals surface area contributed by atoms with Gasteiger partial charge in [-0.15, -0.1) is 0 Å². The number of nitrogens with zero attached hydrogens (tertiary/aromatic N) is 3. The van der Waals surface area contributed by atoms with E-state index >= 15 is 0 Å². The van der Waals surface area contributed by atoms with Gasteiger partial charge < -0.3 is 9.64 Å². The molecule has 32 heavy (non-hydrogen) atoms. The standard InChI is InChI=1S/C26H24ClN3O2/c1-16-20(26(31)30-13-19(27)7-9-24(30)28-16)10-11-29-12-18-15-32-23-8-6-17-4-2-3-5-21(17)25(23)22(18)14-29/h2-9,13,18,22H,10-12,14-15H2,1H3/t18-,22+/m0/s1. The van der Waals surface area contributed by atoms with Gasteiger partial charge in [0.25, 0.3) is 5.56 Å². The van der Waals surface area contributed by atoms with E-state index in [-0.39, 0.29) is 5.56 Å². The molecule has 2 aliphatic rings. The number of hydrogen-bond acceptors (Lipinski definition) is 4. The van der Waals surface area contributed by atoms with Crippen LogP contribution in [0.5, 0.6) is 5.75 Å². The Labute approximate surface area is 191 Å². The number of pyridine rings is 1. The first-order chi connectivity index (χ1) is 15.6. The van der Waals surface area contributed by atoms with Crippen LogP contribution in [0.4, 0.5) is 0 Å². The summed E-state index contributed by atoms with van der Waals surface area (Å²) in [6, 6.07) is 16.4. The fraction of sp³-hybridized carbons (Fsp3) is 0.308. The van der Waals surface area contributed by atoms with E-state index in [1.165, 1.54) is 16.3 Å². The van der Waals surface area contributed by atoms with Crippen molar-refractivity contribution in [2.45, 2.75) is 19.3 Å². The average molecular weight is 446 g/mol. The molecule has 0 unspecified atom stereocenters. The lowest BCUT2D eigenvalue weighted by Gasteiger charge is -2.29. The predicted molar refractivity (Wildman–Crippen MR) is 127 cm³/mol. The maximum Gasteiger partial charge on any atom is 0.261 e. The van der Waals surface area contributed by atoms with Crippen molar-refractivity contribution in [2.24, 2.45) is 5.92 Å². The zero-order valence-corrected chi connectivity index (χ0v) is 18.7. The first-order valence-corrected chi connectivity index (χ1v) is 11.5. The summed E-state index contributed by atoms with van der Waals surface area (Å²) in [5.41, 5.74) is 3.52. The molecule has 2 aromatic carbocycles. The zero-order chi connectivity index (χ0) is 21.8. The molecule has 0 bridgehead atoms. The number of fused-ring (bicyclic) bond motifs is 6.